The van der Waals surface area contributed by atoms with Crippen LogP contribution in [-0.2, 0) is 22.7 Å². The van der Waals surface area contributed by atoms with E-state index in [1.54, 1.807) is 0 Å². The van der Waals surface area contributed by atoms with Crippen LogP contribution in [0.25, 0.3) is 11.4 Å². The zero-order chi connectivity index (χ0) is 24.1. The minimum absolute atomic E-state index is 0.118. The molecule has 1 aromatic heterocycles. The third-order valence-electron chi connectivity index (χ3n) is 6.00. The average molecular weight is 479 g/mol. The van der Waals surface area contributed by atoms with E-state index < -0.39 is 0 Å². The van der Waals surface area contributed by atoms with Gasteiger partial charge in [0, 0.05) is 24.3 Å². The fraction of sp³-hybridized carbons (Fsp3) is 0.360. The molecular weight excluding hydrogens is 448 g/mol. The Morgan fingerprint density at radius 1 is 1.18 bits per heavy atom. The highest BCUT2D eigenvalue weighted by Gasteiger charge is 2.29. The van der Waals surface area contributed by atoms with Crippen LogP contribution in [0.5, 0.6) is 0 Å². The molecule has 2 aromatic carbocycles. The van der Waals surface area contributed by atoms with E-state index in [0.29, 0.717) is 18.2 Å². The van der Waals surface area contributed by atoms with E-state index in [9.17, 15) is 9.59 Å². The van der Waals surface area contributed by atoms with E-state index in [4.69, 9.17) is 5.73 Å². The van der Waals surface area contributed by atoms with Gasteiger partial charge in [0.25, 0.3) is 0 Å². The van der Waals surface area contributed by atoms with Crippen molar-refractivity contribution < 1.29 is 9.59 Å². The number of aryl methyl sites for hydroxylation is 1. The van der Waals surface area contributed by atoms with E-state index in [1.165, 1.54) is 11.8 Å². The van der Waals surface area contributed by atoms with E-state index in [-0.39, 0.29) is 23.6 Å². The molecule has 178 valence electrons. The van der Waals surface area contributed by atoms with Crippen LogP contribution in [0.15, 0.2) is 53.7 Å². The molecule has 1 fully saturated rings. The zero-order valence-corrected chi connectivity index (χ0v) is 20.3. The summed E-state index contributed by atoms with van der Waals surface area (Å²) in [6.45, 7) is 6.19. The topological polar surface area (TPSA) is 106 Å². The Hall–Kier alpha value is -3.17. The van der Waals surface area contributed by atoms with Crippen LogP contribution < -0.4 is 11.1 Å². The van der Waals surface area contributed by atoms with Gasteiger partial charge in [-0.05, 0) is 50.9 Å². The maximum absolute atomic E-state index is 12.8. The Kier molecular flexibility index (Phi) is 7.64. The summed E-state index contributed by atoms with van der Waals surface area (Å²) in [5, 5.41) is 12.4. The lowest BCUT2D eigenvalue weighted by Gasteiger charge is -2.23. The number of benzene rings is 2. The number of carbonyl (C=O) groups excluding carboxylic acids is 2. The minimum atomic E-state index is -0.291. The number of para-hydroxylation sites is 1. The maximum Gasteiger partial charge on any atom is 0.234 e. The second kappa shape index (κ2) is 10.8. The third kappa shape index (κ3) is 5.48. The first-order chi connectivity index (χ1) is 16.5. The first-order valence-corrected chi connectivity index (χ1v) is 12.5. The van der Waals surface area contributed by atoms with Crippen molar-refractivity contribution >= 4 is 29.3 Å². The summed E-state index contributed by atoms with van der Waals surface area (Å²) in [6, 6.07) is 15.6. The molecule has 0 saturated carbocycles. The number of carbonyl (C=O) groups is 2. The molecule has 0 radical (unpaired) electrons. The number of amides is 2. The molecule has 8 nitrogen and oxygen atoms in total. The summed E-state index contributed by atoms with van der Waals surface area (Å²) in [4.78, 5) is 26.6. The standard InChI is InChI=1S/C25H30N6O2S/c1-3-31-24(18-10-6-8-17(2)14-18)28-29-25(31)34-16-22(32)27-20-11-5-4-9-19(20)15-30-13-7-12-21(30)23(26)33/h4-6,8-11,14,21H,3,7,12-13,15-16H2,1-2H3,(H2,26,33)(H,27,32). The van der Waals surface area contributed by atoms with E-state index in [1.807, 2.05) is 60.9 Å². The van der Waals surface area contributed by atoms with Crippen molar-refractivity contribution in [3.63, 3.8) is 0 Å². The molecule has 1 aliphatic heterocycles. The molecule has 1 unspecified atom stereocenters. The number of likely N-dealkylation sites (tertiary alicyclic amines) is 1. The lowest BCUT2D eigenvalue weighted by Crippen LogP contribution is -2.39. The van der Waals surface area contributed by atoms with Gasteiger partial charge in [-0.3, -0.25) is 14.5 Å². The fourth-order valence-corrected chi connectivity index (χ4v) is 5.13. The van der Waals surface area contributed by atoms with E-state index in [0.717, 1.165) is 47.6 Å². The highest BCUT2D eigenvalue weighted by molar-refractivity contribution is 7.99. The molecule has 9 heteroatoms. The Morgan fingerprint density at radius 2 is 2.00 bits per heavy atom. The van der Waals surface area contributed by atoms with Crippen LogP contribution in [0.3, 0.4) is 0 Å². The molecule has 3 aromatic rings. The molecule has 34 heavy (non-hydrogen) atoms. The second-order valence-electron chi connectivity index (χ2n) is 8.44. The Labute approximate surface area is 203 Å². The van der Waals surface area contributed by atoms with Crippen molar-refractivity contribution in [2.75, 3.05) is 17.6 Å². The van der Waals surface area contributed by atoms with Gasteiger partial charge in [-0.1, -0.05) is 53.7 Å². The molecule has 3 N–H and O–H groups in total. The first-order valence-electron chi connectivity index (χ1n) is 11.5. The monoisotopic (exact) mass is 478 g/mol. The number of anilines is 1. The van der Waals surface area contributed by atoms with Gasteiger partial charge in [-0.2, -0.15) is 0 Å². The van der Waals surface area contributed by atoms with Gasteiger partial charge >= 0.3 is 0 Å². The normalized spacial score (nSPS) is 16.0. The number of nitrogens with one attached hydrogen (secondary N) is 1. The summed E-state index contributed by atoms with van der Waals surface area (Å²) < 4.78 is 2.03. The van der Waals surface area contributed by atoms with Crippen LogP contribution in [0.1, 0.15) is 30.9 Å². The molecule has 2 heterocycles. The van der Waals surface area contributed by atoms with Crippen LogP contribution in [0, 0.1) is 6.92 Å². The number of thioether (sulfide) groups is 1. The van der Waals surface area contributed by atoms with E-state index in [2.05, 4.69) is 26.5 Å². The van der Waals surface area contributed by atoms with Crippen LogP contribution >= 0.6 is 11.8 Å². The van der Waals surface area contributed by atoms with Gasteiger partial charge in [0.1, 0.15) is 0 Å². The number of hydrogen-bond donors (Lipinski definition) is 2. The van der Waals surface area contributed by atoms with Gasteiger partial charge in [-0.25, -0.2) is 0 Å². The summed E-state index contributed by atoms with van der Waals surface area (Å²) in [6.07, 6.45) is 1.73. The molecule has 0 bridgehead atoms. The summed E-state index contributed by atoms with van der Waals surface area (Å²) >= 11 is 1.37. The molecule has 1 atom stereocenters. The van der Waals surface area contributed by atoms with E-state index >= 15 is 0 Å². The number of hydrogen-bond acceptors (Lipinski definition) is 6. The zero-order valence-electron chi connectivity index (χ0n) is 19.5. The molecule has 1 aliphatic rings. The number of rotatable bonds is 9. The van der Waals surface area contributed by atoms with Crippen molar-refractivity contribution in [3.05, 3.63) is 59.7 Å². The number of primary amides is 1. The van der Waals surface area contributed by atoms with Crippen LogP contribution in [0.4, 0.5) is 5.69 Å². The molecule has 1 saturated heterocycles. The van der Waals surface area contributed by atoms with Crippen LogP contribution in [0.2, 0.25) is 0 Å². The SMILES string of the molecule is CCn1c(SCC(=O)Nc2ccccc2CN2CCCC2C(N)=O)nnc1-c1cccc(C)c1. The molecule has 4 rings (SSSR count). The Bertz CT molecular complexity index is 1180. The van der Waals surface area contributed by atoms with Gasteiger partial charge < -0.3 is 15.6 Å². The summed E-state index contributed by atoms with van der Waals surface area (Å²) in [7, 11) is 0. The average Bonchev–Trinajstić information content (AvgIpc) is 3.45. The van der Waals surface area contributed by atoms with Gasteiger partial charge in [0.05, 0.1) is 11.8 Å². The molecule has 0 aliphatic carbocycles. The highest BCUT2D eigenvalue weighted by atomic mass is 32.2. The lowest BCUT2D eigenvalue weighted by molar-refractivity contribution is -0.122. The van der Waals surface area contributed by atoms with Crippen molar-refractivity contribution in [1.29, 1.82) is 0 Å². The third-order valence-corrected chi connectivity index (χ3v) is 6.97. The molecule has 2 amide bonds. The second-order valence-corrected chi connectivity index (χ2v) is 9.39. The van der Waals surface area contributed by atoms with Gasteiger partial charge in [0.15, 0.2) is 11.0 Å². The number of nitrogens with two attached hydrogens (primary N) is 1. The minimum Gasteiger partial charge on any atom is -0.368 e. The van der Waals surface area contributed by atoms with Gasteiger partial charge in [0.2, 0.25) is 11.8 Å². The van der Waals surface area contributed by atoms with Crippen LogP contribution in [-0.4, -0.2) is 49.8 Å². The number of aromatic nitrogens is 3. The van der Waals surface area contributed by atoms with Gasteiger partial charge in [-0.15, -0.1) is 10.2 Å². The Balaban J connectivity index is 1.41. The highest BCUT2D eigenvalue weighted by Crippen LogP contribution is 2.26. The van der Waals surface area contributed by atoms with Crippen molar-refractivity contribution in [1.82, 2.24) is 19.7 Å². The lowest BCUT2D eigenvalue weighted by atomic mass is 10.1. The predicted octanol–water partition coefficient (Wildman–Crippen LogP) is 3.45. The maximum atomic E-state index is 12.8. The number of nitrogens with zero attached hydrogens (tertiary/aromatic N) is 4. The smallest absolute Gasteiger partial charge is 0.234 e. The Morgan fingerprint density at radius 3 is 2.76 bits per heavy atom. The van der Waals surface area contributed by atoms with Crippen molar-refractivity contribution in [3.8, 4) is 11.4 Å². The fourth-order valence-electron chi connectivity index (χ4n) is 4.33. The largest absolute Gasteiger partial charge is 0.368 e. The van der Waals surface area contributed by atoms with Crippen molar-refractivity contribution in [2.45, 2.75) is 51.0 Å². The van der Waals surface area contributed by atoms with Crippen molar-refractivity contribution in [2.24, 2.45) is 5.73 Å². The first kappa shape index (κ1) is 24.0. The quantitative estimate of drug-likeness (QED) is 0.456. The molecular formula is C25H30N6O2S. The summed E-state index contributed by atoms with van der Waals surface area (Å²) in [5.41, 5.74) is 9.44. The summed E-state index contributed by atoms with van der Waals surface area (Å²) in [5.74, 6) is 0.608. The predicted molar refractivity (Wildman–Crippen MR) is 134 cm³/mol. The molecule has 0 spiro atoms.